The van der Waals surface area contributed by atoms with Crippen molar-refractivity contribution in [3.63, 3.8) is 0 Å². The molecule has 1 aromatic heterocycles. The monoisotopic (exact) mass is 242 g/mol. The van der Waals surface area contributed by atoms with E-state index in [1.165, 1.54) is 29.3 Å². The summed E-state index contributed by atoms with van der Waals surface area (Å²) in [6.07, 6.45) is 5.90. The van der Waals surface area contributed by atoms with Crippen molar-refractivity contribution in [3.05, 3.63) is 42.2 Å². The summed E-state index contributed by atoms with van der Waals surface area (Å²) in [5, 5.41) is 2.76. The van der Waals surface area contributed by atoms with E-state index in [0.29, 0.717) is 0 Å². The number of nitrogens with zero attached hydrogens (tertiary/aromatic N) is 1. The zero-order chi connectivity index (χ0) is 13.2. The van der Waals surface area contributed by atoms with Crippen molar-refractivity contribution in [1.82, 2.24) is 0 Å². The number of aryl methyl sites for hydroxylation is 1. The molecule has 0 aliphatic heterocycles. The highest BCUT2D eigenvalue weighted by atomic mass is 15.0. The molecule has 1 nitrogen and oxygen atoms in total. The second kappa shape index (κ2) is 5.09. The first-order chi connectivity index (χ1) is 8.54. The van der Waals surface area contributed by atoms with Crippen LogP contribution in [-0.4, -0.2) is 0 Å². The SMILES string of the molecule is CCCCc1c2ccccc2cc[n+]1C(C)(C)C. The Bertz CT molecular complexity index is 535. The molecule has 0 saturated heterocycles. The molecule has 0 bridgehead atoms. The van der Waals surface area contributed by atoms with E-state index in [1.807, 2.05) is 0 Å². The number of unbranched alkanes of at least 4 members (excludes halogenated alkanes) is 1. The lowest BCUT2D eigenvalue weighted by molar-refractivity contribution is -0.759. The summed E-state index contributed by atoms with van der Waals surface area (Å²) in [6.45, 7) is 9.08. The molecule has 2 rings (SSSR count). The van der Waals surface area contributed by atoms with Crippen molar-refractivity contribution in [2.24, 2.45) is 0 Å². The molecule has 1 aromatic carbocycles. The fraction of sp³-hybridized carbons (Fsp3) is 0.471. The van der Waals surface area contributed by atoms with Gasteiger partial charge in [0.15, 0.2) is 17.4 Å². The van der Waals surface area contributed by atoms with Crippen LogP contribution in [0.5, 0.6) is 0 Å². The molecule has 18 heavy (non-hydrogen) atoms. The molecule has 0 saturated carbocycles. The Balaban J connectivity index is 2.63. The zero-order valence-electron chi connectivity index (χ0n) is 12.0. The number of fused-ring (bicyclic) bond motifs is 1. The molecule has 0 spiro atoms. The molecule has 0 fully saturated rings. The lowest BCUT2D eigenvalue weighted by Crippen LogP contribution is -2.53. The average Bonchev–Trinajstić information content (AvgIpc) is 2.34. The van der Waals surface area contributed by atoms with Gasteiger partial charge in [0, 0.05) is 38.6 Å². The lowest BCUT2D eigenvalue weighted by atomic mass is 10.0. The van der Waals surface area contributed by atoms with Crippen molar-refractivity contribution in [2.45, 2.75) is 52.5 Å². The molecular formula is C17H24N+. The minimum absolute atomic E-state index is 0.146. The molecular weight excluding hydrogens is 218 g/mol. The summed E-state index contributed by atoms with van der Waals surface area (Å²) in [5.74, 6) is 0. The normalized spacial score (nSPS) is 12.0. The summed E-state index contributed by atoms with van der Waals surface area (Å²) in [5.41, 5.74) is 1.62. The summed E-state index contributed by atoms with van der Waals surface area (Å²) < 4.78 is 2.44. The Morgan fingerprint density at radius 1 is 1.06 bits per heavy atom. The van der Waals surface area contributed by atoms with E-state index in [4.69, 9.17) is 0 Å². The molecule has 96 valence electrons. The maximum Gasteiger partial charge on any atom is 0.189 e. The molecule has 0 atom stereocenters. The molecule has 1 heteroatoms. The summed E-state index contributed by atoms with van der Waals surface area (Å²) in [4.78, 5) is 0. The van der Waals surface area contributed by atoms with Crippen LogP contribution in [-0.2, 0) is 12.0 Å². The first-order valence-corrected chi connectivity index (χ1v) is 6.97. The summed E-state index contributed by atoms with van der Waals surface area (Å²) in [6, 6.07) is 11.0. The van der Waals surface area contributed by atoms with E-state index < -0.39 is 0 Å². The van der Waals surface area contributed by atoms with Gasteiger partial charge in [-0.05, 0) is 17.9 Å². The molecule has 0 aliphatic rings. The van der Waals surface area contributed by atoms with Crippen molar-refractivity contribution in [2.75, 3.05) is 0 Å². The van der Waals surface area contributed by atoms with E-state index in [2.05, 4.69) is 68.8 Å². The predicted octanol–water partition coefficient (Wildman–Crippen LogP) is 4.22. The second-order valence-corrected chi connectivity index (χ2v) is 5.99. The Hall–Kier alpha value is -1.37. The molecule has 0 N–H and O–H groups in total. The molecule has 0 amide bonds. The highest BCUT2D eigenvalue weighted by Crippen LogP contribution is 2.19. The number of rotatable bonds is 3. The van der Waals surface area contributed by atoms with Gasteiger partial charge in [0.1, 0.15) is 0 Å². The third-order valence-corrected chi connectivity index (χ3v) is 3.46. The highest BCUT2D eigenvalue weighted by molar-refractivity contribution is 5.83. The zero-order valence-corrected chi connectivity index (χ0v) is 12.0. The molecule has 1 heterocycles. The van der Waals surface area contributed by atoms with E-state index in [9.17, 15) is 0 Å². The Morgan fingerprint density at radius 2 is 1.78 bits per heavy atom. The van der Waals surface area contributed by atoms with Gasteiger partial charge in [-0.2, -0.15) is 4.57 Å². The van der Waals surface area contributed by atoms with Gasteiger partial charge in [-0.1, -0.05) is 31.5 Å². The molecule has 0 radical (unpaired) electrons. The Kier molecular flexibility index (Phi) is 3.70. The maximum absolute atomic E-state index is 2.44. The van der Waals surface area contributed by atoms with Crippen LogP contribution in [0.15, 0.2) is 36.5 Å². The first kappa shape index (κ1) is 13.1. The van der Waals surface area contributed by atoms with E-state index in [-0.39, 0.29) is 5.54 Å². The van der Waals surface area contributed by atoms with Gasteiger partial charge >= 0.3 is 0 Å². The van der Waals surface area contributed by atoms with Gasteiger partial charge in [0.2, 0.25) is 0 Å². The third kappa shape index (κ3) is 2.55. The standard InChI is InChI=1S/C17H24N/c1-5-6-11-16-15-10-8-7-9-14(15)12-13-18(16)17(2,3)4/h7-10,12-13H,5-6,11H2,1-4H3/q+1. The average molecular weight is 242 g/mol. The summed E-state index contributed by atoms with van der Waals surface area (Å²) in [7, 11) is 0. The van der Waals surface area contributed by atoms with Gasteiger partial charge in [0.25, 0.3) is 0 Å². The van der Waals surface area contributed by atoms with Gasteiger partial charge in [-0.25, -0.2) is 0 Å². The topological polar surface area (TPSA) is 3.88 Å². The van der Waals surface area contributed by atoms with Crippen molar-refractivity contribution in [1.29, 1.82) is 0 Å². The number of benzene rings is 1. The quantitative estimate of drug-likeness (QED) is 0.709. The number of aromatic nitrogens is 1. The van der Waals surface area contributed by atoms with Gasteiger partial charge in [0.05, 0.1) is 0 Å². The molecule has 2 aromatic rings. The van der Waals surface area contributed by atoms with Crippen LogP contribution in [0.4, 0.5) is 0 Å². The van der Waals surface area contributed by atoms with E-state index in [0.717, 1.165) is 6.42 Å². The van der Waals surface area contributed by atoms with Crippen LogP contribution in [0.3, 0.4) is 0 Å². The minimum atomic E-state index is 0.146. The Morgan fingerprint density at radius 3 is 2.44 bits per heavy atom. The van der Waals surface area contributed by atoms with Gasteiger partial charge < -0.3 is 0 Å². The predicted molar refractivity (Wildman–Crippen MR) is 77.8 cm³/mol. The molecule has 0 aliphatic carbocycles. The largest absolute Gasteiger partial charge is 0.197 e. The van der Waals surface area contributed by atoms with Crippen molar-refractivity contribution >= 4 is 10.8 Å². The van der Waals surface area contributed by atoms with Crippen molar-refractivity contribution < 1.29 is 4.57 Å². The minimum Gasteiger partial charge on any atom is -0.197 e. The number of pyridine rings is 1. The maximum atomic E-state index is 2.44. The van der Waals surface area contributed by atoms with Gasteiger partial charge in [-0.3, -0.25) is 0 Å². The van der Waals surface area contributed by atoms with Crippen LogP contribution in [0, 0.1) is 0 Å². The van der Waals surface area contributed by atoms with E-state index >= 15 is 0 Å². The van der Waals surface area contributed by atoms with Crippen LogP contribution in [0.25, 0.3) is 10.8 Å². The fourth-order valence-corrected chi connectivity index (χ4v) is 2.51. The Labute approximate surface area is 110 Å². The van der Waals surface area contributed by atoms with Crippen LogP contribution in [0.1, 0.15) is 46.2 Å². The van der Waals surface area contributed by atoms with E-state index in [1.54, 1.807) is 0 Å². The summed E-state index contributed by atoms with van der Waals surface area (Å²) >= 11 is 0. The lowest BCUT2D eigenvalue weighted by Gasteiger charge is -2.18. The number of hydrogen-bond acceptors (Lipinski definition) is 0. The van der Waals surface area contributed by atoms with Crippen LogP contribution >= 0.6 is 0 Å². The fourth-order valence-electron chi connectivity index (χ4n) is 2.51. The smallest absolute Gasteiger partial charge is 0.189 e. The van der Waals surface area contributed by atoms with Crippen LogP contribution in [0.2, 0.25) is 0 Å². The molecule has 0 unspecified atom stereocenters. The van der Waals surface area contributed by atoms with Crippen LogP contribution < -0.4 is 4.57 Å². The third-order valence-electron chi connectivity index (χ3n) is 3.46. The van der Waals surface area contributed by atoms with Crippen molar-refractivity contribution in [3.8, 4) is 0 Å². The highest BCUT2D eigenvalue weighted by Gasteiger charge is 2.26. The first-order valence-electron chi connectivity index (χ1n) is 6.97. The second-order valence-electron chi connectivity index (χ2n) is 5.99. The number of hydrogen-bond donors (Lipinski definition) is 0. The van der Waals surface area contributed by atoms with Gasteiger partial charge in [-0.15, -0.1) is 0 Å².